The number of hydrogen-bond acceptors (Lipinski definition) is 3. The van der Waals surface area contributed by atoms with Gasteiger partial charge < -0.3 is 9.64 Å². The molecule has 0 amide bonds. The van der Waals surface area contributed by atoms with Crippen molar-refractivity contribution in [2.75, 3.05) is 18.6 Å². The van der Waals surface area contributed by atoms with E-state index < -0.39 is 0 Å². The zero-order valence-corrected chi connectivity index (χ0v) is 9.37. The van der Waals surface area contributed by atoms with Crippen LogP contribution in [0.25, 0.3) is 0 Å². The highest BCUT2D eigenvalue weighted by Gasteiger charge is 2.35. The van der Waals surface area contributed by atoms with E-state index in [4.69, 9.17) is 4.74 Å². The van der Waals surface area contributed by atoms with Crippen LogP contribution in [0.2, 0.25) is 0 Å². The zero-order valence-electron chi connectivity index (χ0n) is 9.37. The fraction of sp³-hybridized carbons (Fsp3) is 0.417. The van der Waals surface area contributed by atoms with Crippen LogP contribution >= 0.6 is 0 Å². The molecule has 0 aliphatic carbocycles. The van der Waals surface area contributed by atoms with E-state index in [2.05, 4.69) is 0 Å². The molecule has 1 saturated heterocycles. The van der Waals surface area contributed by atoms with E-state index in [0.717, 1.165) is 18.7 Å². The molecule has 1 unspecified atom stereocenters. The molecule has 0 saturated carbocycles. The summed E-state index contributed by atoms with van der Waals surface area (Å²) in [6.45, 7) is 2.49. The third kappa shape index (κ3) is 1.64. The van der Waals surface area contributed by atoms with Crippen LogP contribution in [0.1, 0.15) is 12.0 Å². The van der Waals surface area contributed by atoms with Gasteiger partial charge in [-0.2, -0.15) is 0 Å². The predicted molar refractivity (Wildman–Crippen MR) is 58.9 cm³/mol. The minimum atomic E-state index is -0.259. The van der Waals surface area contributed by atoms with E-state index in [-0.39, 0.29) is 17.8 Å². The van der Waals surface area contributed by atoms with Gasteiger partial charge in [0.25, 0.3) is 0 Å². The Balaban J connectivity index is 2.25. The number of carbonyl (C=O) groups excluding carboxylic acids is 1. The largest absolute Gasteiger partial charge is 0.467 e. The minimum Gasteiger partial charge on any atom is -0.467 e. The SMILES string of the molecule is COC(=O)C1CCN1c1cccc(F)c1C. The number of benzene rings is 1. The average molecular weight is 223 g/mol. The second-order valence-electron chi connectivity index (χ2n) is 3.90. The van der Waals surface area contributed by atoms with Crippen LogP contribution in [0.15, 0.2) is 18.2 Å². The van der Waals surface area contributed by atoms with E-state index in [9.17, 15) is 9.18 Å². The van der Waals surface area contributed by atoms with Gasteiger partial charge in [-0.05, 0) is 25.5 Å². The number of hydrogen-bond donors (Lipinski definition) is 0. The number of rotatable bonds is 2. The van der Waals surface area contributed by atoms with Gasteiger partial charge in [-0.15, -0.1) is 0 Å². The summed E-state index contributed by atoms with van der Waals surface area (Å²) in [4.78, 5) is 13.3. The van der Waals surface area contributed by atoms with Crippen LogP contribution in [0.3, 0.4) is 0 Å². The van der Waals surface area contributed by atoms with E-state index in [0.29, 0.717) is 5.56 Å². The van der Waals surface area contributed by atoms with E-state index in [1.165, 1.54) is 13.2 Å². The highest BCUT2D eigenvalue weighted by atomic mass is 19.1. The number of methoxy groups -OCH3 is 1. The van der Waals surface area contributed by atoms with Crippen molar-refractivity contribution in [2.45, 2.75) is 19.4 Å². The van der Waals surface area contributed by atoms with Gasteiger partial charge >= 0.3 is 5.97 Å². The average Bonchev–Trinajstić information content (AvgIpc) is 2.23. The fourth-order valence-corrected chi connectivity index (χ4v) is 1.96. The summed E-state index contributed by atoms with van der Waals surface area (Å²) < 4.78 is 18.1. The van der Waals surface area contributed by atoms with Crippen molar-refractivity contribution in [1.82, 2.24) is 0 Å². The smallest absolute Gasteiger partial charge is 0.328 e. The van der Waals surface area contributed by atoms with Crippen molar-refractivity contribution in [3.8, 4) is 0 Å². The molecule has 0 bridgehead atoms. The highest BCUT2D eigenvalue weighted by Crippen LogP contribution is 2.30. The summed E-state index contributed by atoms with van der Waals surface area (Å²) in [5, 5.41) is 0. The molecule has 16 heavy (non-hydrogen) atoms. The maximum atomic E-state index is 13.4. The Labute approximate surface area is 93.8 Å². The lowest BCUT2D eigenvalue weighted by Gasteiger charge is -2.41. The van der Waals surface area contributed by atoms with E-state index >= 15 is 0 Å². The number of halogens is 1. The lowest BCUT2D eigenvalue weighted by Crippen LogP contribution is -2.53. The molecule has 2 rings (SSSR count). The first kappa shape index (κ1) is 10.9. The summed E-state index contributed by atoms with van der Waals surface area (Å²) in [5.74, 6) is -0.497. The number of anilines is 1. The Morgan fingerprint density at radius 1 is 1.56 bits per heavy atom. The normalized spacial score (nSPS) is 19.2. The summed E-state index contributed by atoms with van der Waals surface area (Å²) in [6.07, 6.45) is 0.766. The molecule has 0 aromatic heterocycles. The Morgan fingerprint density at radius 2 is 2.31 bits per heavy atom. The highest BCUT2D eigenvalue weighted by molar-refractivity contribution is 5.82. The quantitative estimate of drug-likeness (QED) is 0.717. The standard InChI is InChI=1S/C12H14FNO2/c1-8-9(13)4-3-5-10(8)14-7-6-11(14)12(15)16-2/h3-5,11H,6-7H2,1-2H3. The molecule has 86 valence electrons. The number of ether oxygens (including phenoxy) is 1. The fourth-order valence-electron chi connectivity index (χ4n) is 1.96. The molecule has 4 heteroatoms. The van der Waals surface area contributed by atoms with Gasteiger partial charge in [-0.25, -0.2) is 9.18 Å². The molecule has 1 fully saturated rings. The van der Waals surface area contributed by atoms with Crippen LogP contribution in [0.4, 0.5) is 10.1 Å². The minimum absolute atomic E-state index is 0.243. The number of nitrogens with zero attached hydrogens (tertiary/aromatic N) is 1. The van der Waals surface area contributed by atoms with E-state index in [1.54, 1.807) is 13.0 Å². The Bertz CT molecular complexity index is 419. The first-order chi connectivity index (χ1) is 7.65. The topological polar surface area (TPSA) is 29.5 Å². The Hall–Kier alpha value is -1.58. The maximum Gasteiger partial charge on any atom is 0.328 e. The van der Waals surface area contributed by atoms with Crippen molar-refractivity contribution in [1.29, 1.82) is 0 Å². The predicted octanol–water partition coefficient (Wildman–Crippen LogP) is 1.89. The first-order valence-electron chi connectivity index (χ1n) is 5.24. The third-order valence-corrected chi connectivity index (χ3v) is 3.04. The number of esters is 1. The maximum absolute atomic E-state index is 13.4. The van der Waals surface area contributed by atoms with E-state index in [1.807, 2.05) is 11.0 Å². The van der Waals surface area contributed by atoms with Gasteiger partial charge in [-0.3, -0.25) is 0 Å². The Kier molecular flexibility index (Phi) is 2.81. The summed E-state index contributed by atoms with van der Waals surface area (Å²) in [5.41, 5.74) is 1.36. The zero-order chi connectivity index (χ0) is 11.7. The van der Waals surface area contributed by atoms with Gasteiger partial charge in [0.2, 0.25) is 0 Å². The molecule has 3 nitrogen and oxygen atoms in total. The van der Waals surface area contributed by atoms with Crippen LogP contribution < -0.4 is 4.90 Å². The van der Waals surface area contributed by atoms with Crippen LogP contribution in [0.5, 0.6) is 0 Å². The lowest BCUT2D eigenvalue weighted by atomic mass is 10.00. The molecule has 1 heterocycles. The summed E-state index contributed by atoms with van der Waals surface area (Å²) in [6, 6.07) is 4.65. The lowest BCUT2D eigenvalue weighted by molar-refractivity contribution is -0.143. The van der Waals surface area contributed by atoms with Crippen LogP contribution in [-0.2, 0) is 9.53 Å². The molecule has 0 spiro atoms. The van der Waals surface area contributed by atoms with Gasteiger partial charge in [0.1, 0.15) is 11.9 Å². The molecular weight excluding hydrogens is 209 g/mol. The summed E-state index contributed by atoms with van der Waals surface area (Å²) >= 11 is 0. The van der Waals surface area contributed by atoms with Gasteiger partial charge in [0, 0.05) is 17.8 Å². The van der Waals surface area contributed by atoms with Crippen LogP contribution in [0, 0.1) is 12.7 Å². The molecule has 1 aromatic rings. The van der Waals surface area contributed by atoms with Gasteiger partial charge in [0.15, 0.2) is 0 Å². The van der Waals surface area contributed by atoms with Crippen molar-refractivity contribution in [2.24, 2.45) is 0 Å². The van der Waals surface area contributed by atoms with Crippen molar-refractivity contribution >= 4 is 11.7 Å². The molecule has 0 N–H and O–H groups in total. The molecule has 1 aliphatic heterocycles. The number of carbonyl (C=O) groups is 1. The Morgan fingerprint density at radius 3 is 2.88 bits per heavy atom. The van der Waals surface area contributed by atoms with Crippen LogP contribution in [-0.4, -0.2) is 25.7 Å². The second kappa shape index (κ2) is 4.12. The summed E-state index contributed by atoms with van der Waals surface area (Å²) in [7, 11) is 1.37. The monoisotopic (exact) mass is 223 g/mol. The molecule has 1 aliphatic rings. The first-order valence-corrected chi connectivity index (χ1v) is 5.24. The van der Waals surface area contributed by atoms with Gasteiger partial charge in [0.05, 0.1) is 7.11 Å². The van der Waals surface area contributed by atoms with Crippen molar-refractivity contribution in [3.05, 3.63) is 29.6 Å². The molecule has 1 atom stereocenters. The molecule has 0 radical (unpaired) electrons. The molecular formula is C12H14FNO2. The molecule has 1 aromatic carbocycles. The van der Waals surface area contributed by atoms with Crippen molar-refractivity contribution < 1.29 is 13.9 Å². The van der Waals surface area contributed by atoms with Crippen molar-refractivity contribution in [3.63, 3.8) is 0 Å². The van der Waals surface area contributed by atoms with Gasteiger partial charge in [-0.1, -0.05) is 6.07 Å². The second-order valence-corrected chi connectivity index (χ2v) is 3.90. The third-order valence-electron chi connectivity index (χ3n) is 3.04.